The first-order valence-corrected chi connectivity index (χ1v) is 8.46. The van der Waals surface area contributed by atoms with Crippen molar-refractivity contribution in [3.63, 3.8) is 0 Å². The smallest absolute Gasteiger partial charge is 0.407 e. The standard InChI is InChI=1S/C19H25FN2O4/c1-19(2,3)26-18(24)21-11-13(10-20)12-25-15-5-6-16-14(9-15)7-8-22(4)17(16)23/h5-6,9-10H,7-8,11-12H2,1-4H3,(H,21,24)/b13-10+. The molecule has 2 amide bonds. The lowest BCUT2D eigenvalue weighted by molar-refractivity contribution is 0.0531. The summed E-state index contributed by atoms with van der Waals surface area (Å²) in [6, 6.07) is 5.21. The minimum Gasteiger partial charge on any atom is -0.489 e. The monoisotopic (exact) mass is 364 g/mol. The van der Waals surface area contributed by atoms with Gasteiger partial charge in [-0.15, -0.1) is 0 Å². The fraction of sp³-hybridized carbons (Fsp3) is 0.474. The normalized spacial score (nSPS) is 14.7. The van der Waals surface area contributed by atoms with Crippen LogP contribution in [0.25, 0.3) is 0 Å². The summed E-state index contributed by atoms with van der Waals surface area (Å²) in [7, 11) is 1.77. The van der Waals surface area contributed by atoms with Gasteiger partial charge < -0.3 is 19.7 Å². The van der Waals surface area contributed by atoms with Crippen LogP contribution in [0.2, 0.25) is 0 Å². The first kappa shape index (κ1) is 19.8. The van der Waals surface area contributed by atoms with Crippen LogP contribution >= 0.6 is 0 Å². The first-order chi connectivity index (χ1) is 12.2. The van der Waals surface area contributed by atoms with Crippen molar-refractivity contribution in [3.8, 4) is 5.75 Å². The molecule has 0 bridgehead atoms. The lowest BCUT2D eigenvalue weighted by atomic mass is 9.99. The van der Waals surface area contributed by atoms with E-state index in [9.17, 15) is 14.0 Å². The van der Waals surface area contributed by atoms with E-state index in [4.69, 9.17) is 9.47 Å². The van der Waals surface area contributed by atoms with E-state index in [1.165, 1.54) is 0 Å². The van der Waals surface area contributed by atoms with Crippen molar-refractivity contribution < 1.29 is 23.5 Å². The van der Waals surface area contributed by atoms with Crippen LogP contribution in [-0.2, 0) is 11.2 Å². The van der Waals surface area contributed by atoms with E-state index in [0.29, 0.717) is 24.2 Å². The Hall–Kier alpha value is -2.57. The zero-order valence-electron chi connectivity index (χ0n) is 15.6. The number of alkyl carbamates (subject to hydrolysis) is 1. The Labute approximate surface area is 153 Å². The Morgan fingerprint density at radius 2 is 2.12 bits per heavy atom. The molecule has 0 aliphatic carbocycles. The molecule has 0 atom stereocenters. The predicted octanol–water partition coefficient (Wildman–Crippen LogP) is 3.07. The zero-order valence-corrected chi connectivity index (χ0v) is 15.6. The minimum absolute atomic E-state index is 0.0105. The van der Waals surface area contributed by atoms with Crippen LogP contribution in [0.4, 0.5) is 9.18 Å². The van der Waals surface area contributed by atoms with Gasteiger partial charge >= 0.3 is 6.09 Å². The topological polar surface area (TPSA) is 67.9 Å². The molecule has 0 fully saturated rings. The van der Waals surface area contributed by atoms with Gasteiger partial charge in [0.05, 0.1) is 6.33 Å². The Morgan fingerprint density at radius 1 is 1.38 bits per heavy atom. The molecule has 1 aromatic rings. The molecular weight excluding hydrogens is 339 g/mol. The second-order valence-corrected chi connectivity index (χ2v) is 7.21. The third-order valence-corrected chi connectivity index (χ3v) is 3.81. The molecule has 142 valence electrons. The zero-order chi connectivity index (χ0) is 19.3. The summed E-state index contributed by atoms with van der Waals surface area (Å²) >= 11 is 0. The number of rotatable bonds is 5. The summed E-state index contributed by atoms with van der Waals surface area (Å²) in [4.78, 5) is 25.3. The SMILES string of the molecule is CN1CCc2cc(OC/C(=C/F)CNC(=O)OC(C)(C)C)ccc2C1=O. The molecule has 1 aromatic carbocycles. The van der Waals surface area contributed by atoms with Gasteiger partial charge in [-0.3, -0.25) is 4.79 Å². The quantitative estimate of drug-likeness (QED) is 0.872. The molecule has 1 heterocycles. The molecule has 0 unspecified atom stereocenters. The molecule has 1 N–H and O–H groups in total. The second-order valence-electron chi connectivity index (χ2n) is 7.21. The van der Waals surface area contributed by atoms with Crippen molar-refractivity contribution in [2.75, 3.05) is 26.7 Å². The number of nitrogens with one attached hydrogen (secondary N) is 1. The molecule has 1 aliphatic rings. The van der Waals surface area contributed by atoms with Gasteiger partial charge in [0.1, 0.15) is 18.0 Å². The van der Waals surface area contributed by atoms with Gasteiger partial charge in [0.25, 0.3) is 5.91 Å². The maximum absolute atomic E-state index is 13.0. The second kappa shape index (κ2) is 8.21. The average Bonchev–Trinajstić information content (AvgIpc) is 2.57. The van der Waals surface area contributed by atoms with Crippen LogP contribution in [0, 0.1) is 0 Å². The maximum atomic E-state index is 13.0. The number of hydrogen-bond acceptors (Lipinski definition) is 4. The van der Waals surface area contributed by atoms with Gasteiger partial charge in [-0.25, -0.2) is 9.18 Å². The Balaban J connectivity index is 1.89. The number of carbonyl (C=O) groups is 2. The Bertz CT molecular complexity index is 710. The summed E-state index contributed by atoms with van der Waals surface area (Å²) < 4.78 is 23.7. The van der Waals surface area contributed by atoms with Crippen LogP contribution in [0.1, 0.15) is 36.7 Å². The molecule has 1 aliphatic heterocycles. The summed E-state index contributed by atoms with van der Waals surface area (Å²) in [6.45, 7) is 5.88. The number of carbonyl (C=O) groups excluding carboxylic acids is 2. The van der Waals surface area contributed by atoms with Crippen molar-refractivity contribution in [2.45, 2.75) is 32.8 Å². The molecule has 0 aromatic heterocycles. The Morgan fingerprint density at radius 3 is 2.77 bits per heavy atom. The van der Waals surface area contributed by atoms with E-state index in [-0.39, 0.29) is 24.6 Å². The lowest BCUT2D eigenvalue weighted by Gasteiger charge is -2.25. The van der Waals surface area contributed by atoms with Crippen molar-refractivity contribution in [1.82, 2.24) is 10.2 Å². The van der Waals surface area contributed by atoms with Crippen molar-refractivity contribution >= 4 is 12.0 Å². The molecule has 0 radical (unpaired) electrons. The summed E-state index contributed by atoms with van der Waals surface area (Å²) in [6.07, 6.45) is 0.544. The lowest BCUT2D eigenvalue weighted by Crippen LogP contribution is -2.34. The fourth-order valence-corrected chi connectivity index (χ4v) is 2.47. The maximum Gasteiger partial charge on any atom is 0.407 e. The number of nitrogens with zero attached hydrogens (tertiary/aromatic N) is 1. The van der Waals surface area contributed by atoms with Crippen LogP contribution in [0.15, 0.2) is 30.1 Å². The summed E-state index contributed by atoms with van der Waals surface area (Å²) in [5, 5.41) is 2.49. The van der Waals surface area contributed by atoms with E-state index in [0.717, 1.165) is 12.0 Å². The Kier molecular flexibility index (Phi) is 6.23. The van der Waals surface area contributed by atoms with Crippen LogP contribution in [-0.4, -0.2) is 49.2 Å². The largest absolute Gasteiger partial charge is 0.489 e. The molecule has 7 heteroatoms. The minimum atomic E-state index is -0.617. The highest BCUT2D eigenvalue weighted by Gasteiger charge is 2.21. The highest BCUT2D eigenvalue weighted by atomic mass is 19.1. The summed E-state index contributed by atoms with van der Waals surface area (Å²) in [5.41, 5.74) is 1.24. The van der Waals surface area contributed by atoms with Gasteiger partial charge in [-0.05, 0) is 51.0 Å². The van der Waals surface area contributed by atoms with Gasteiger partial charge in [0.15, 0.2) is 0 Å². The molecule has 2 rings (SSSR count). The van der Waals surface area contributed by atoms with Crippen molar-refractivity contribution in [1.29, 1.82) is 0 Å². The number of hydrogen-bond donors (Lipinski definition) is 1. The van der Waals surface area contributed by atoms with Crippen LogP contribution < -0.4 is 10.1 Å². The molecule has 0 saturated heterocycles. The van der Waals surface area contributed by atoms with Crippen molar-refractivity contribution in [3.05, 3.63) is 41.2 Å². The number of ether oxygens (including phenoxy) is 2. The van der Waals surface area contributed by atoms with Gasteiger partial charge in [-0.1, -0.05) is 0 Å². The molecule has 26 heavy (non-hydrogen) atoms. The third kappa shape index (κ3) is 5.47. The van der Waals surface area contributed by atoms with E-state index < -0.39 is 11.7 Å². The number of fused-ring (bicyclic) bond motifs is 1. The van der Waals surface area contributed by atoms with E-state index in [1.807, 2.05) is 0 Å². The molecule has 0 spiro atoms. The molecule has 0 saturated carbocycles. The predicted molar refractivity (Wildman–Crippen MR) is 96.0 cm³/mol. The highest BCUT2D eigenvalue weighted by Crippen LogP contribution is 2.23. The van der Waals surface area contributed by atoms with Crippen molar-refractivity contribution in [2.24, 2.45) is 0 Å². The average molecular weight is 364 g/mol. The first-order valence-electron chi connectivity index (χ1n) is 8.46. The third-order valence-electron chi connectivity index (χ3n) is 3.81. The number of amides is 2. The van der Waals surface area contributed by atoms with Gasteiger partial charge in [0.2, 0.25) is 0 Å². The molecular formula is C19H25FN2O4. The number of halogens is 1. The molecule has 6 nitrogen and oxygen atoms in total. The van der Waals surface area contributed by atoms with Crippen LogP contribution in [0.5, 0.6) is 5.75 Å². The number of benzene rings is 1. The number of likely N-dealkylation sites (N-methyl/N-ethyl adjacent to an activating group) is 1. The van der Waals surface area contributed by atoms with E-state index >= 15 is 0 Å². The van der Waals surface area contributed by atoms with Gasteiger partial charge in [0, 0.05) is 31.3 Å². The van der Waals surface area contributed by atoms with Crippen LogP contribution in [0.3, 0.4) is 0 Å². The van der Waals surface area contributed by atoms with E-state index in [2.05, 4.69) is 5.32 Å². The summed E-state index contributed by atoms with van der Waals surface area (Å²) in [5.74, 6) is 0.543. The highest BCUT2D eigenvalue weighted by molar-refractivity contribution is 5.96. The van der Waals surface area contributed by atoms with Gasteiger partial charge in [-0.2, -0.15) is 0 Å². The fourth-order valence-electron chi connectivity index (χ4n) is 2.47. The van der Waals surface area contributed by atoms with E-state index in [1.54, 1.807) is 50.9 Å².